The number of rotatable bonds is 1. The van der Waals surface area contributed by atoms with Gasteiger partial charge in [0, 0.05) is 12.4 Å². The molecular formula is C8H11N3. The van der Waals surface area contributed by atoms with Gasteiger partial charge in [0.1, 0.15) is 0 Å². The second-order valence-electron chi connectivity index (χ2n) is 2.82. The van der Waals surface area contributed by atoms with E-state index in [1.54, 1.807) is 12.4 Å². The molecule has 0 aliphatic carbocycles. The van der Waals surface area contributed by atoms with Crippen LogP contribution in [0.15, 0.2) is 12.4 Å². The Morgan fingerprint density at radius 1 is 1.45 bits per heavy atom. The minimum absolute atomic E-state index is 0.462. The second-order valence-corrected chi connectivity index (χ2v) is 2.82. The summed E-state index contributed by atoms with van der Waals surface area (Å²) in [6.45, 7) is 3.11. The number of hydrogen-bond donors (Lipinski definition) is 1. The van der Waals surface area contributed by atoms with Crippen molar-refractivity contribution in [3.63, 3.8) is 0 Å². The third-order valence-electron chi connectivity index (χ3n) is 2.07. The molecule has 0 radical (unpaired) electrons. The van der Waals surface area contributed by atoms with Gasteiger partial charge in [0.2, 0.25) is 0 Å². The molecule has 1 unspecified atom stereocenters. The average molecular weight is 149 g/mol. The highest BCUT2D eigenvalue weighted by atomic mass is 15.0. The van der Waals surface area contributed by atoms with Gasteiger partial charge in [0.15, 0.2) is 0 Å². The molecule has 2 heterocycles. The van der Waals surface area contributed by atoms with E-state index in [4.69, 9.17) is 0 Å². The summed E-state index contributed by atoms with van der Waals surface area (Å²) in [6, 6.07) is 0.462. The molecule has 3 heteroatoms. The zero-order valence-electron chi connectivity index (χ0n) is 6.54. The lowest BCUT2D eigenvalue weighted by atomic mass is 10.0. The number of hydrogen-bond acceptors (Lipinski definition) is 3. The van der Waals surface area contributed by atoms with Gasteiger partial charge in [0.05, 0.1) is 17.4 Å². The van der Waals surface area contributed by atoms with Crippen LogP contribution in [0, 0.1) is 6.92 Å². The van der Waals surface area contributed by atoms with E-state index in [0.29, 0.717) is 6.04 Å². The lowest BCUT2D eigenvalue weighted by Crippen LogP contribution is -2.36. The van der Waals surface area contributed by atoms with Gasteiger partial charge in [0.25, 0.3) is 0 Å². The first-order chi connectivity index (χ1) is 5.38. The predicted molar refractivity (Wildman–Crippen MR) is 42.1 cm³/mol. The van der Waals surface area contributed by atoms with Crippen molar-refractivity contribution >= 4 is 0 Å². The van der Waals surface area contributed by atoms with Crippen LogP contribution in [0.1, 0.15) is 23.9 Å². The second kappa shape index (κ2) is 2.58. The summed E-state index contributed by atoms with van der Waals surface area (Å²) < 4.78 is 0. The number of nitrogens with one attached hydrogen (secondary N) is 1. The molecule has 2 rings (SSSR count). The van der Waals surface area contributed by atoms with Crippen molar-refractivity contribution in [3.05, 3.63) is 23.8 Å². The lowest BCUT2D eigenvalue weighted by molar-refractivity contribution is 0.372. The first-order valence-electron chi connectivity index (χ1n) is 3.89. The fraction of sp³-hybridized carbons (Fsp3) is 0.500. The van der Waals surface area contributed by atoms with E-state index in [2.05, 4.69) is 15.3 Å². The maximum Gasteiger partial charge on any atom is 0.0785 e. The van der Waals surface area contributed by atoms with E-state index < -0.39 is 0 Å². The first kappa shape index (κ1) is 6.73. The zero-order chi connectivity index (χ0) is 7.68. The Morgan fingerprint density at radius 3 is 2.73 bits per heavy atom. The van der Waals surface area contributed by atoms with Gasteiger partial charge in [-0.1, -0.05) is 0 Å². The molecule has 11 heavy (non-hydrogen) atoms. The van der Waals surface area contributed by atoms with Gasteiger partial charge >= 0.3 is 0 Å². The van der Waals surface area contributed by atoms with Gasteiger partial charge in [-0.15, -0.1) is 0 Å². The molecule has 1 aliphatic heterocycles. The van der Waals surface area contributed by atoms with Crippen molar-refractivity contribution in [2.45, 2.75) is 19.4 Å². The van der Waals surface area contributed by atoms with Crippen molar-refractivity contribution in [1.82, 2.24) is 15.3 Å². The smallest absolute Gasteiger partial charge is 0.0785 e. The Bertz CT molecular complexity index is 255. The van der Waals surface area contributed by atoms with Crippen molar-refractivity contribution in [2.24, 2.45) is 0 Å². The van der Waals surface area contributed by atoms with Gasteiger partial charge in [-0.3, -0.25) is 9.97 Å². The van der Waals surface area contributed by atoms with Crippen molar-refractivity contribution in [1.29, 1.82) is 0 Å². The standard InChI is InChI=1S/C8H11N3/c1-6-8(7-2-3-10-7)11-5-4-9-6/h4-5,7,10H,2-3H2,1H3. The van der Waals surface area contributed by atoms with Crippen LogP contribution in [-0.2, 0) is 0 Å². The molecule has 0 bridgehead atoms. The van der Waals surface area contributed by atoms with Crippen LogP contribution in [0.4, 0.5) is 0 Å². The van der Waals surface area contributed by atoms with E-state index in [-0.39, 0.29) is 0 Å². The van der Waals surface area contributed by atoms with Crippen molar-refractivity contribution in [2.75, 3.05) is 6.54 Å². The van der Waals surface area contributed by atoms with Crippen LogP contribution in [0.2, 0.25) is 0 Å². The number of nitrogens with zero attached hydrogens (tertiary/aromatic N) is 2. The Hall–Kier alpha value is -0.960. The quantitative estimate of drug-likeness (QED) is 0.642. The van der Waals surface area contributed by atoms with Crippen LogP contribution in [0.25, 0.3) is 0 Å². The molecular weight excluding hydrogens is 138 g/mol. The highest BCUT2D eigenvalue weighted by Gasteiger charge is 2.21. The summed E-state index contributed by atoms with van der Waals surface area (Å²) in [5.41, 5.74) is 2.16. The van der Waals surface area contributed by atoms with Crippen LogP contribution < -0.4 is 5.32 Å². The average Bonchev–Trinajstić information content (AvgIpc) is 1.90. The Kier molecular flexibility index (Phi) is 1.58. The molecule has 1 atom stereocenters. The fourth-order valence-electron chi connectivity index (χ4n) is 1.28. The van der Waals surface area contributed by atoms with Gasteiger partial charge in [-0.2, -0.15) is 0 Å². The zero-order valence-corrected chi connectivity index (χ0v) is 6.54. The third-order valence-corrected chi connectivity index (χ3v) is 2.07. The summed E-state index contributed by atoms with van der Waals surface area (Å²) in [5, 5.41) is 3.30. The van der Waals surface area contributed by atoms with E-state index in [1.165, 1.54) is 6.42 Å². The van der Waals surface area contributed by atoms with E-state index in [0.717, 1.165) is 17.9 Å². The summed E-state index contributed by atoms with van der Waals surface area (Å²) in [5.74, 6) is 0. The summed E-state index contributed by atoms with van der Waals surface area (Å²) in [6.07, 6.45) is 4.68. The summed E-state index contributed by atoms with van der Waals surface area (Å²) >= 11 is 0. The summed E-state index contributed by atoms with van der Waals surface area (Å²) in [4.78, 5) is 8.45. The van der Waals surface area contributed by atoms with Gasteiger partial charge < -0.3 is 5.32 Å². The van der Waals surface area contributed by atoms with Gasteiger partial charge in [-0.25, -0.2) is 0 Å². The minimum atomic E-state index is 0.462. The maximum atomic E-state index is 4.28. The molecule has 1 aromatic heterocycles. The molecule has 1 saturated heterocycles. The Morgan fingerprint density at radius 2 is 2.18 bits per heavy atom. The number of aromatic nitrogens is 2. The lowest BCUT2D eigenvalue weighted by Gasteiger charge is -2.27. The highest BCUT2D eigenvalue weighted by Crippen LogP contribution is 2.21. The van der Waals surface area contributed by atoms with Crippen molar-refractivity contribution in [3.8, 4) is 0 Å². The largest absolute Gasteiger partial charge is 0.308 e. The molecule has 0 amide bonds. The Labute approximate surface area is 65.9 Å². The molecule has 58 valence electrons. The van der Waals surface area contributed by atoms with Crippen LogP contribution in [0.3, 0.4) is 0 Å². The maximum absolute atomic E-state index is 4.28. The van der Waals surface area contributed by atoms with E-state index >= 15 is 0 Å². The first-order valence-corrected chi connectivity index (χ1v) is 3.89. The minimum Gasteiger partial charge on any atom is -0.308 e. The third kappa shape index (κ3) is 1.12. The number of aryl methyl sites for hydroxylation is 1. The Balaban J connectivity index is 2.28. The van der Waals surface area contributed by atoms with E-state index in [1.807, 2.05) is 6.92 Å². The molecule has 0 aromatic carbocycles. The van der Waals surface area contributed by atoms with Crippen LogP contribution >= 0.6 is 0 Å². The molecule has 1 aromatic rings. The normalized spacial score (nSPS) is 22.8. The molecule has 1 aliphatic rings. The van der Waals surface area contributed by atoms with Crippen LogP contribution in [-0.4, -0.2) is 16.5 Å². The molecule has 3 nitrogen and oxygen atoms in total. The van der Waals surface area contributed by atoms with Gasteiger partial charge in [-0.05, 0) is 19.9 Å². The predicted octanol–water partition coefficient (Wildman–Crippen LogP) is 0.819. The summed E-state index contributed by atoms with van der Waals surface area (Å²) in [7, 11) is 0. The SMILES string of the molecule is Cc1nccnc1C1CCN1. The highest BCUT2D eigenvalue weighted by molar-refractivity contribution is 5.15. The molecule has 1 fully saturated rings. The van der Waals surface area contributed by atoms with E-state index in [9.17, 15) is 0 Å². The molecule has 0 saturated carbocycles. The topological polar surface area (TPSA) is 37.8 Å². The fourth-order valence-corrected chi connectivity index (χ4v) is 1.28. The molecule has 1 N–H and O–H groups in total. The van der Waals surface area contributed by atoms with Crippen LogP contribution in [0.5, 0.6) is 0 Å². The molecule has 0 spiro atoms. The van der Waals surface area contributed by atoms with Crippen molar-refractivity contribution < 1.29 is 0 Å². The monoisotopic (exact) mass is 149 g/mol.